The predicted octanol–water partition coefficient (Wildman–Crippen LogP) is 5.27. The minimum atomic E-state index is 0.449. The van der Waals surface area contributed by atoms with Gasteiger partial charge in [-0.2, -0.15) is 0 Å². The van der Waals surface area contributed by atoms with Crippen LogP contribution in [0, 0.1) is 6.92 Å². The highest BCUT2D eigenvalue weighted by Crippen LogP contribution is 2.28. The summed E-state index contributed by atoms with van der Waals surface area (Å²) in [6.07, 6.45) is 8.42. The van der Waals surface area contributed by atoms with Gasteiger partial charge in [-0.1, -0.05) is 30.4 Å². The van der Waals surface area contributed by atoms with Gasteiger partial charge in [0.2, 0.25) is 5.95 Å². The second-order valence-electron chi connectivity index (χ2n) is 9.27. The van der Waals surface area contributed by atoms with E-state index in [9.17, 15) is 0 Å². The fourth-order valence-corrected chi connectivity index (χ4v) is 4.55. The molecule has 0 amide bonds. The van der Waals surface area contributed by atoms with E-state index in [1.165, 1.54) is 25.9 Å². The van der Waals surface area contributed by atoms with Crippen LogP contribution < -0.4 is 10.1 Å². The van der Waals surface area contributed by atoms with Crippen molar-refractivity contribution in [1.82, 2.24) is 14.9 Å². The maximum Gasteiger partial charge on any atom is 0.227 e. The second kappa shape index (κ2) is 12.1. The Kier molecular flexibility index (Phi) is 8.23. The Hall–Kier alpha value is -3.26. The summed E-state index contributed by atoms with van der Waals surface area (Å²) >= 11 is 0. The molecule has 0 unspecified atom stereocenters. The van der Waals surface area contributed by atoms with Gasteiger partial charge in [0.25, 0.3) is 0 Å². The van der Waals surface area contributed by atoms with Crippen LogP contribution in [-0.4, -0.2) is 54.3 Å². The number of hydrogen-bond donors (Lipinski definition) is 1. The van der Waals surface area contributed by atoms with E-state index in [1.807, 2.05) is 43.5 Å². The molecule has 5 rings (SSSR count). The van der Waals surface area contributed by atoms with Crippen molar-refractivity contribution in [2.24, 2.45) is 0 Å². The van der Waals surface area contributed by atoms with Gasteiger partial charge in [-0.15, -0.1) is 0 Å². The van der Waals surface area contributed by atoms with Crippen molar-refractivity contribution >= 4 is 11.6 Å². The first-order chi connectivity index (χ1) is 17.7. The third-order valence-corrected chi connectivity index (χ3v) is 6.47. The molecule has 2 aromatic carbocycles. The first kappa shape index (κ1) is 24.4. The summed E-state index contributed by atoms with van der Waals surface area (Å²) in [5.74, 6) is 1.40. The van der Waals surface area contributed by atoms with Gasteiger partial charge in [0.05, 0.1) is 32.1 Å². The fraction of sp³-hybridized carbons (Fsp3) is 0.379. The summed E-state index contributed by atoms with van der Waals surface area (Å²) in [6, 6.07) is 14.4. The number of hydrogen-bond acceptors (Lipinski definition) is 7. The van der Waals surface area contributed by atoms with E-state index in [0.717, 1.165) is 45.9 Å². The van der Waals surface area contributed by atoms with Gasteiger partial charge in [0, 0.05) is 29.6 Å². The number of likely N-dealkylation sites (tertiary alicyclic amines) is 1. The number of aromatic nitrogens is 2. The van der Waals surface area contributed by atoms with Gasteiger partial charge >= 0.3 is 0 Å². The number of rotatable bonds is 4. The van der Waals surface area contributed by atoms with Crippen LogP contribution in [0.5, 0.6) is 5.75 Å². The average Bonchev–Trinajstić information content (AvgIpc) is 3.41. The van der Waals surface area contributed by atoms with E-state index in [-0.39, 0.29) is 0 Å². The Morgan fingerprint density at radius 1 is 1.00 bits per heavy atom. The minimum absolute atomic E-state index is 0.449. The molecule has 6 bridgehead atoms. The highest BCUT2D eigenvalue weighted by Gasteiger charge is 2.13. The standard InChI is InChI=1S/C29H34N4O3/c1-22-19-30-29-31-26-9-10-27(36-16-13-33-11-2-3-12-33)25(18-26)21-35-15-5-4-14-34-20-23-7-6-8-24(17-23)28(22)32-29/h4-10,17-19H,2-3,11-16,20-21H2,1H3,(H,30,31,32)/b5-4+. The zero-order valence-electron chi connectivity index (χ0n) is 20.9. The summed E-state index contributed by atoms with van der Waals surface area (Å²) < 4.78 is 18.0. The van der Waals surface area contributed by atoms with Gasteiger partial charge in [-0.25, -0.2) is 9.97 Å². The van der Waals surface area contributed by atoms with Gasteiger partial charge in [0.15, 0.2) is 0 Å². The third-order valence-electron chi connectivity index (χ3n) is 6.47. The molecule has 7 nitrogen and oxygen atoms in total. The Bertz CT molecular complexity index is 1190. The highest BCUT2D eigenvalue weighted by molar-refractivity contribution is 5.66. The van der Waals surface area contributed by atoms with Crippen molar-refractivity contribution in [2.75, 3.05) is 44.8 Å². The lowest BCUT2D eigenvalue weighted by molar-refractivity contribution is 0.138. The van der Waals surface area contributed by atoms with Crippen LogP contribution in [0.25, 0.3) is 11.3 Å². The molecular formula is C29H34N4O3. The molecule has 3 heterocycles. The fourth-order valence-electron chi connectivity index (χ4n) is 4.55. The predicted molar refractivity (Wildman–Crippen MR) is 142 cm³/mol. The van der Waals surface area contributed by atoms with E-state index >= 15 is 0 Å². The quantitative estimate of drug-likeness (QED) is 0.504. The molecule has 1 fully saturated rings. The Balaban J connectivity index is 1.39. The number of ether oxygens (including phenoxy) is 3. The number of benzene rings is 2. The Morgan fingerprint density at radius 3 is 2.69 bits per heavy atom. The lowest BCUT2D eigenvalue weighted by atomic mass is 10.1. The van der Waals surface area contributed by atoms with E-state index < -0.39 is 0 Å². The van der Waals surface area contributed by atoms with Crippen LogP contribution in [0.15, 0.2) is 60.8 Å². The molecular weight excluding hydrogens is 452 g/mol. The molecule has 0 radical (unpaired) electrons. The SMILES string of the molecule is Cc1cnc2nc1-c1cccc(c1)COC/C=C/COCc1cc(ccc1OCCN1CCCC1)N2. The summed E-state index contributed by atoms with van der Waals surface area (Å²) in [4.78, 5) is 11.8. The first-order valence-electron chi connectivity index (χ1n) is 12.7. The number of aryl methyl sites for hydroxylation is 1. The largest absolute Gasteiger partial charge is 0.492 e. The first-order valence-corrected chi connectivity index (χ1v) is 12.7. The van der Waals surface area contributed by atoms with Crippen LogP contribution in [0.1, 0.15) is 29.5 Å². The lowest BCUT2D eigenvalue weighted by Gasteiger charge is -2.17. The molecule has 36 heavy (non-hydrogen) atoms. The summed E-state index contributed by atoms with van der Waals surface area (Å²) in [5, 5.41) is 3.37. The van der Waals surface area contributed by atoms with E-state index in [0.29, 0.717) is 39.0 Å². The topological polar surface area (TPSA) is 68.7 Å². The van der Waals surface area contributed by atoms with Crippen LogP contribution in [0.2, 0.25) is 0 Å². The highest BCUT2D eigenvalue weighted by atomic mass is 16.5. The molecule has 188 valence electrons. The zero-order valence-corrected chi connectivity index (χ0v) is 20.9. The maximum absolute atomic E-state index is 6.18. The smallest absolute Gasteiger partial charge is 0.227 e. The second-order valence-corrected chi connectivity index (χ2v) is 9.27. The van der Waals surface area contributed by atoms with Crippen molar-refractivity contribution in [3.05, 3.63) is 77.5 Å². The zero-order chi connectivity index (χ0) is 24.6. The summed E-state index contributed by atoms with van der Waals surface area (Å²) in [5.41, 5.74) is 5.97. The van der Waals surface area contributed by atoms with Gasteiger partial charge < -0.3 is 19.5 Å². The van der Waals surface area contributed by atoms with Crippen LogP contribution >= 0.6 is 0 Å². The molecule has 1 aromatic heterocycles. The van der Waals surface area contributed by atoms with E-state index in [1.54, 1.807) is 0 Å². The normalized spacial score (nSPS) is 17.6. The maximum atomic E-state index is 6.18. The molecule has 0 aliphatic carbocycles. The number of nitrogens with zero attached hydrogens (tertiary/aromatic N) is 3. The van der Waals surface area contributed by atoms with Crippen molar-refractivity contribution in [2.45, 2.75) is 33.0 Å². The Morgan fingerprint density at radius 2 is 1.83 bits per heavy atom. The van der Waals surface area contributed by atoms with Crippen molar-refractivity contribution in [1.29, 1.82) is 0 Å². The van der Waals surface area contributed by atoms with Gasteiger partial charge in [-0.05, 0) is 68.2 Å². The summed E-state index contributed by atoms with van der Waals surface area (Å²) in [6.45, 7) is 8.01. The van der Waals surface area contributed by atoms with Crippen molar-refractivity contribution in [3.8, 4) is 17.0 Å². The Labute approximate surface area is 213 Å². The molecule has 0 atom stereocenters. The molecule has 1 N–H and O–H groups in total. The molecule has 7 heteroatoms. The number of anilines is 2. The molecule has 3 aromatic rings. The summed E-state index contributed by atoms with van der Waals surface area (Å²) in [7, 11) is 0. The monoisotopic (exact) mass is 486 g/mol. The molecule has 2 aliphatic heterocycles. The number of nitrogens with one attached hydrogen (secondary N) is 1. The molecule has 1 saturated heterocycles. The van der Waals surface area contributed by atoms with Crippen molar-refractivity contribution in [3.63, 3.8) is 0 Å². The van der Waals surface area contributed by atoms with E-state index in [2.05, 4.69) is 39.5 Å². The van der Waals surface area contributed by atoms with Crippen LogP contribution in [0.4, 0.5) is 11.6 Å². The average molecular weight is 487 g/mol. The number of fused-ring (bicyclic) bond motifs is 7. The lowest BCUT2D eigenvalue weighted by Crippen LogP contribution is -2.25. The van der Waals surface area contributed by atoms with Crippen molar-refractivity contribution < 1.29 is 14.2 Å². The molecule has 0 saturated carbocycles. The third kappa shape index (κ3) is 6.49. The molecule has 0 spiro atoms. The van der Waals surface area contributed by atoms with Gasteiger partial charge in [-0.3, -0.25) is 4.90 Å². The van der Waals surface area contributed by atoms with Gasteiger partial charge in [0.1, 0.15) is 12.4 Å². The van der Waals surface area contributed by atoms with Crippen LogP contribution in [0.3, 0.4) is 0 Å². The molecule has 2 aliphatic rings. The van der Waals surface area contributed by atoms with E-state index in [4.69, 9.17) is 19.2 Å². The van der Waals surface area contributed by atoms with Crippen LogP contribution in [-0.2, 0) is 22.7 Å². The minimum Gasteiger partial charge on any atom is -0.492 e.